The van der Waals surface area contributed by atoms with Crippen molar-refractivity contribution in [2.75, 3.05) is 0 Å². The van der Waals surface area contributed by atoms with Gasteiger partial charge in [-0.3, -0.25) is 9.59 Å². The lowest BCUT2D eigenvalue weighted by Crippen LogP contribution is -2.43. The van der Waals surface area contributed by atoms with E-state index in [2.05, 4.69) is 6.58 Å². The Kier molecular flexibility index (Phi) is 3.88. The maximum atomic E-state index is 12.8. The minimum absolute atomic E-state index is 0.0447. The Labute approximate surface area is 134 Å². The Morgan fingerprint density at radius 2 is 2.09 bits per heavy atom. The Bertz CT molecular complexity index is 724. The van der Waals surface area contributed by atoms with E-state index in [4.69, 9.17) is 16.3 Å². The zero-order chi connectivity index (χ0) is 16.7. The number of Topliss-reactive ketones (excluding diaryl/α,β-unsaturated/α-hetero) is 1. The number of rotatable bonds is 2. The van der Waals surface area contributed by atoms with Crippen molar-refractivity contribution < 1.29 is 14.3 Å². The number of hydrogen-bond acceptors (Lipinski definition) is 4. The predicted molar refractivity (Wildman–Crippen MR) is 82.5 cm³/mol. The Morgan fingerprint density at radius 1 is 1.45 bits per heavy atom. The smallest absolute Gasteiger partial charge is 0.326 e. The first-order valence-corrected chi connectivity index (χ1v) is 7.16. The van der Waals surface area contributed by atoms with Crippen LogP contribution >= 0.6 is 11.6 Å². The number of nitrogens with zero attached hydrogens (tertiary/aromatic N) is 1. The molecule has 1 aromatic rings. The highest BCUT2D eigenvalue weighted by Crippen LogP contribution is 2.44. The summed E-state index contributed by atoms with van der Waals surface area (Å²) < 4.78 is 5.38. The lowest BCUT2D eigenvalue weighted by molar-refractivity contribution is -0.161. The summed E-state index contributed by atoms with van der Waals surface area (Å²) in [4.78, 5) is 25.5. The second-order valence-corrected chi connectivity index (χ2v) is 6.74. The van der Waals surface area contributed by atoms with Gasteiger partial charge < -0.3 is 4.74 Å². The minimum Gasteiger partial charge on any atom is -0.459 e. The van der Waals surface area contributed by atoms with Crippen LogP contribution in [0.3, 0.4) is 0 Å². The highest BCUT2D eigenvalue weighted by molar-refractivity contribution is 6.31. The molecule has 1 atom stereocenters. The van der Waals surface area contributed by atoms with Gasteiger partial charge in [0.15, 0.2) is 11.2 Å². The van der Waals surface area contributed by atoms with Crippen LogP contribution in [-0.4, -0.2) is 17.4 Å². The molecule has 0 fully saturated rings. The lowest BCUT2D eigenvalue weighted by Gasteiger charge is -2.29. The molecule has 0 aromatic heterocycles. The molecule has 0 amide bonds. The molecule has 22 heavy (non-hydrogen) atoms. The summed E-state index contributed by atoms with van der Waals surface area (Å²) in [5, 5.41) is 9.69. The molecule has 5 heteroatoms. The third kappa shape index (κ3) is 2.53. The molecule has 0 N–H and O–H groups in total. The SMILES string of the molecule is C=C(C#N)[C@@]1(C(=O)OC(C)(C)C)Cc2cc(Cl)ccc2C1=O. The van der Waals surface area contributed by atoms with Gasteiger partial charge in [0, 0.05) is 22.6 Å². The molecule has 0 bridgehead atoms. The summed E-state index contributed by atoms with van der Waals surface area (Å²) in [5.74, 6) is -1.20. The molecule has 0 aliphatic heterocycles. The van der Waals surface area contributed by atoms with Crippen LogP contribution in [0, 0.1) is 16.7 Å². The summed E-state index contributed by atoms with van der Waals surface area (Å²) >= 11 is 5.95. The van der Waals surface area contributed by atoms with Crippen LogP contribution in [0.4, 0.5) is 0 Å². The Morgan fingerprint density at radius 3 is 2.64 bits per heavy atom. The van der Waals surface area contributed by atoms with E-state index >= 15 is 0 Å². The van der Waals surface area contributed by atoms with E-state index in [1.54, 1.807) is 39.0 Å². The molecular formula is C17H16ClNO3. The highest BCUT2D eigenvalue weighted by Gasteiger charge is 2.55. The Hall–Kier alpha value is -2.12. The highest BCUT2D eigenvalue weighted by atomic mass is 35.5. The first-order chi connectivity index (χ1) is 10.1. The van der Waals surface area contributed by atoms with Gasteiger partial charge in [0.05, 0.1) is 6.07 Å². The van der Waals surface area contributed by atoms with Crippen molar-refractivity contribution in [2.24, 2.45) is 5.41 Å². The molecule has 0 heterocycles. The first kappa shape index (κ1) is 16.3. The number of halogens is 1. The number of benzene rings is 1. The van der Waals surface area contributed by atoms with Crippen LogP contribution < -0.4 is 0 Å². The standard InChI is InChI=1S/C17H16ClNO3/c1-10(9-19)17(15(21)22-16(2,3)4)8-11-7-12(18)5-6-13(11)14(17)20/h5-7H,1,8H2,2-4H3/t17-/m0/s1. The molecule has 0 saturated carbocycles. The lowest BCUT2D eigenvalue weighted by atomic mass is 9.77. The summed E-state index contributed by atoms with van der Waals surface area (Å²) in [6.07, 6.45) is 0.0447. The average molecular weight is 318 g/mol. The summed E-state index contributed by atoms with van der Waals surface area (Å²) in [7, 11) is 0. The van der Waals surface area contributed by atoms with Gasteiger partial charge in [0.25, 0.3) is 0 Å². The summed E-state index contributed by atoms with van der Waals surface area (Å²) in [6.45, 7) is 8.74. The minimum atomic E-state index is -1.69. The molecule has 114 valence electrons. The third-order valence-corrected chi connectivity index (χ3v) is 3.79. The van der Waals surface area contributed by atoms with Crippen molar-refractivity contribution in [1.82, 2.24) is 0 Å². The maximum Gasteiger partial charge on any atom is 0.326 e. The number of hydrogen-bond donors (Lipinski definition) is 0. The van der Waals surface area contributed by atoms with Crippen LogP contribution in [0.25, 0.3) is 0 Å². The number of esters is 1. The number of fused-ring (bicyclic) bond motifs is 1. The molecule has 2 rings (SSSR count). The summed E-state index contributed by atoms with van der Waals surface area (Å²) in [6, 6.07) is 6.62. The molecule has 0 unspecified atom stereocenters. The van der Waals surface area contributed by atoms with Gasteiger partial charge in [-0.1, -0.05) is 18.2 Å². The zero-order valence-corrected chi connectivity index (χ0v) is 13.5. The van der Waals surface area contributed by atoms with Gasteiger partial charge in [-0.05, 0) is 44.5 Å². The van der Waals surface area contributed by atoms with Crippen molar-refractivity contribution in [3.05, 3.63) is 46.5 Å². The number of carbonyl (C=O) groups excluding carboxylic acids is 2. The van der Waals surface area contributed by atoms with Crippen LogP contribution in [0.15, 0.2) is 30.4 Å². The van der Waals surface area contributed by atoms with Crippen molar-refractivity contribution in [3.63, 3.8) is 0 Å². The fourth-order valence-corrected chi connectivity index (χ4v) is 2.71. The van der Waals surface area contributed by atoms with E-state index in [9.17, 15) is 14.9 Å². The molecule has 0 radical (unpaired) electrons. The van der Waals surface area contributed by atoms with Gasteiger partial charge in [-0.2, -0.15) is 5.26 Å². The maximum absolute atomic E-state index is 12.8. The van der Waals surface area contributed by atoms with Crippen molar-refractivity contribution in [1.29, 1.82) is 5.26 Å². The molecule has 4 nitrogen and oxygen atoms in total. The van der Waals surface area contributed by atoms with E-state index in [1.165, 1.54) is 0 Å². The topological polar surface area (TPSA) is 67.2 Å². The van der Waals surface area contributed by atoms with E-state index in [0.717, 1.165) is 0 Å². The largest absolute Gasteiger partial charge is 0.459 e. The number of nitriles is 1. The van der Waals surface area contributed by atoms with E-state index in [1.807, 2.05) is 6.07 Å². The normalized spacial score (nSPS) is 20.2. The van der Waals surface area contributed by atoms with Gasteiger partial charge in [-0.15, -0.1) is 0 Å². The van der Waals surface area contributed by atoms with E-state index < -0.39 is 22.8 Å². The number of ketones is 1. The molecule has 0 spiro atoms. The molecular weight excluding hydrogens is 302 g/mol. The quantitative estimate of drug-likeness (QED) is 0.476. The van der Waals surface area contributed by atoms with Gasteiger partial charge in [0.1, 0.15) is 5.60 Å². The van der Waals surface area contributed by atoms with E-state index in [-0.39, 0.29) is 12.0 Å². The zero-order valence-electron chi connectivity index (χ0n) is 12.7. The van der Waals surface area contributed by atoms with Gasteiger partial charge in [-0.25, -0.2) is 0 Å². The Balaban J connectivity index is 2.56. The number of carbonyl (C=O) groups is 2. The third-order valence-electron chi connectivity index (χ3n) is 3.55. The fraction of sp³-hybridized carbons (Fsp3) is 0.353. The van der Waals surface area contributed by atoms with Crippen LogP contribution in [0.1, 0.15) is 36.7 Å². The summed E-state index contributed by atoms with van der Waals surface area (Å²) in [5.41, 5.74) is -1.56. The van der Waals surface area contributed by atoms with Crippen LogP contribution in [0.2, 0.25) is 5.02 Å². The van der Waals surface area contributed by atoms with Crippen molar-refractivity contribution >= 4 is 23.4 Å². The fourth-order valence-electron chi connectivity index (χ4n) is 2.52. The first-order valence-electron chi connectivity index (χ1n) is 6.78. The number of ether oxygens (including phenoxy) is 1. The molecule has 1 aliphatic carbocycles. The second-order valence-electron chi connectivity index (χ2n) is 6.30. The van der Waals surface area contributed by atoms with Gasteiger partial charge in [0.2, 0.25) is 0 Å². The van der Waals surface area contributed by atoms with Crippen molar-refractivity contribution in [3.8, 4) is 6.07 Å². The molecule has 0 saturated heterocycles. The molecule has 1 aromatic carbocycles. The van der Waals surface area contributed by atoms with E-state index in [0.29, 0.717) is 16.1 Å². The van der Waals surface area contributed by atoms with Gasteiger partial charge >= 0.3 is 5.97 Å². The van der Waals surface area contributed by atoms with Crippen LogP contribution in [0.5, 0.6) is 0 Å². The predicted octanol–water partition coefficient (Wildman–Crippen LogP) is 3.49. The monoisotopic (exact) mass is 317 g/mol. The second kappa shape index (κ2) is 5.26. The van der Waals surface area contributed by atoms with Crippen LogP contribution in [-0.2, 0) is 16.0 Å². The average Bonchev–Trinajstić information content (AvgIpc) is 2.69. The van der Waals surface area contributed by atoms with Crippen molar-refractivity contribution in [2.45, 2.75) is 32.8 Å². The molecule has 1 aliphatic rings.